The molecule has 0 saturated heterocycles. The van der Waals surface area contributed by atoms with Crippen molar-refractivity contribution in [3.63, 3.8) is 0 Å². The summed E-state index contributed by atoms with van der Waals surface area (Å²) in [6, 6.07) is 0. The molecule has 0 amide bonds. The molecule has 8 nitrogen and oxygen atoms in total. The van der Waals surface area contributed by atoms with Gasteiger partial charge >= 0.3 is 5.97 Å². The highest BCUT2D eigenvalue weighted by molar-refractivity contribution is 5.89. The summed E-state index contributed by atoms with van der Waals surface area (Å²) in [5.74, 6) is -0.957. The predicted octanol–water partition coefficient (Wildman–Crippen LogP) is -1.07. The van der Waals surface area contributed by atoms with E-state index in [1.54, 1.807) is 13.8 Å². The van der Waals surface area contributed by atoms with Crippen molar-refractivity contribution in [3.05, 3.63) is 11.5 Å². The number of aliphatic hydroxyl groups excluding tert-OH is 3. The topological polar surface area (TPSA) is 115 Å². The minimum absolute atomic E-state index is 0.0288. The number of carbonyl (C=O) groups excluding carboxylic acids is 1. The molecule has 3 atom stereocenters. The third kappa shape index (κ3) is 4.85. The van der Waals surface area contributed by atoms with Crippen molar-refractivity contribution >= 4 is 5.97 Å². The van der Waals surface area contributed by atoms with Gasteiger partial charge < -0.3 is 34.3 Å². The van der Waals surface area contributed by atoms with Gasteiger partial charge in [0.15, 0.2) is 11.9 Å². The van der Waals surface area contributed by atoms with Crippen LogP contribution in [0.5, 0.6) is 0 Å². The van der Waals surface area contributed by atoms with E-state index in [-0.39, 0.29) is 31.3 Å². The first-order valence-electron chi connectivity index (χ1n) is 6.80. The van der Waals surface area contributed by atoms with Crippen molar-refractivity contribution in [2.24, 2.45) is 0 Å². The van der Waals surface area contributed by atoms with Crippen LogP contribution in [-0.4, -0.2) is 72.6 Å². The second-order valence-corrected chi connectivity index (χ2v) is 4.33. The van der Waals surface area contributed by atoms with Crippen LogP contribution in [0.2, 0.25) is 0 Å². The third-order valence-electron chi connectivity index (χ3n) is 2.67. The maximum Gasteiger partial charge on any atom is 0.378 e. The van der Waals surface area contributed by atoms with Crippen LogP contribution in [0.15, 0.2) is 11.5 Å². The van der Waals surface area contributed by atoms with Crippen LogP contribution in [0.4, 0.5) is 0 Å². The van der Waals surface area contributed by atoms with Crippen molar-refractivity contribution in [3.8, 4) is 0 Å². The average Bonchev–Trinajstić information content (AvgIpc) is 2.79. The van der Waals surface area contributed by atoms with E-state index in [2.05, 4.69) is 0 Å². The largest absolute Gasteiger partial charge is 0.487 e. The Kier molecular flexibility index (Phi) is 7.44. The Bertz CT molecular complexity index is 367. The van der Waals surface area contributed by atoms with Crippen molar-refractivity contribution in [1.82, 2.24) is 0 Å². The Labute approximate surface area is 122 Å². The minimum Gasteiger partial charge on any atom is -0.487 e. The van der Waals surface area contributed by atoms with Gasteiger partial charge in [-0.25, -0.2) is 4.79 Å². The number of cyclic esters (lactones) is 1. The molecule has 3 N–H and O–H groups in total. The summed E-state index contributed by atoms with van der Waals surface area (Å²) in [4.78, 5) is 11.7. The van der Waals surface area contributed by atoms with E-state index in [0.29, 0.717) is 6.61 Å². The van der Waals surface area contributed by atoms with Gasteiger partial charge in [-0.3, -0.25) is 0 Å². The molecule has 122 valence electrons. The number of esters is 1. The minimum atomic E-state index is -1.33. The molecule has 8 heteroatoms. The smallest absolute Gasteiger partial charge is 0.378 e. The average molecular weight is 306 g/mol. The molecule has 1 aliphatic rings. The van der Waals surface area contributed by atoms with E-state index in [0.717, 1.165) is 0 Å². The molecule has 1 rings (SSSR count). The Morgan fingerprint density at radius 1 is 1.19 bits per heavy atom. The summed E-state index contributed by atoms with van der Waals surface area (Å²) in [6.07, 6.45) is -3.38. The summed E-state index contributed by atoms with van der Waals surface area (Å²) in [6.45, 7) is 3.45. The maximum absolute atomic E-state index is 11.7. The molecule has 0 spiro atoms. The van der Waals surface area contributed by atoms with Gasteiger partial charge in [-0.2, -0.15) is 0 Å². The molecule has 0 aromatic rings. The Morgan fingerprint density at radius 3 is 2.48 bits per heavy atom. The lowest BCUT2D eigenvalue weighted by molar-refractivity contribution is -0.148. The maximum atomic E-state index is 11.7. The van der Waals surface area contributed by atoms with Crippen molar-refractivity contribution in [2.75, 3.05) is 33.0 Å². The van der Waals surface area contributed by atoms with E-state index in [9.17, 15) is 15.0 Å². The standard InChI is InChI=1S/C13H22O8/c1-3-18-6-8(15)7-20-11-10(9(16)5-14)21-13(17)12(11)19-4-2/h8-10,14-16H,3-7H2,1-2H3/t8?,9-,10+/m0/s1. The highest BCUT2D eigenvalue weighted by Gasteiger charge is 2.41. The molecular formula is C13H22O8. The third-order valence-corrected chi connectivity index (χ3v) is 2.67. The number of ether oxygens (including phenoxy) is 4. The lowest BCUT2D eigenvalue weighted by Crippen LogP contribution is -2.33. The molecule has 0 radical (unpaired) electrons. The van der Waals surface area contributed by atoms with Gasteiger partial charge in [0.2, 0.25) is 5.76 Å². The SMILES string of the molecule is CCOCC(O)COC1=C(OCC)C(=O)O[C@@H]1[C@@H](O)CO. The highest BCUT2D eigenvalue weighted by atomic mass is 16.6. The summed E-state index contributed by atoms with van der Waals surface area (Å²) in [7, 11) is 0. The molecule has 0 aromatic carbocycles. The fraction of sp³-hybridized carbons (Fsp3) is 0.769. The summed E-state index contributed by atoms with van der Waals surface area (Å²) in [5, 5.41) is 28.3. The molecular weight excluding hydrogens is 284 g/mol. The van der Waals surface area contributed by atoms with Crippen molar-refractivity contribution in [2.45, 2.75) is 32.2 Å². The lowest BCUT2D eigenvalue weighted by Gasteiger charge is -2.20. The van der Waals surface area contributed by atoms with Crippen molar-refractivity contribution < 1.29 is 39.1 Å². The fourth-order valence-electron chi connectivity index (χ4n) is 1.71. The summed E-state index contributed by atoms with van der Waals surface area (Å²) < 4.78 is 20.4. The van der Waals surface area contributed by atoms with E-state index in [1.807, 2.05) is 0 Å². The first-order chi connectivity index (χ1) is 10.0. The fourth-order valence-corrected chi connectivity index (χ4v) is 1.71. The molecule has 1 heterocycles. The van der Waals surface area contributed by atoms with E-state index in [1.165, 1.54) is 0 Å². The Hall–Kier alpha value is -1.35. The van der Waals surface area contributed by atoms with Crippen LogP contribution in [0, 0.1) is 0 Å². The first kappa shape index (κ1) is 17.7. The number of hydrogen-bond acceptors (Lipinski definition) is 8. The van der Waals surface area contributed by atoms with Crippen LogP contribution < -0.4 is 0 Å². The second kappa shape index (κ2) is 8.83. The van der Waals surface area contributed by atoms with E-state index in [4.69, 9.17) is 24.1 Å². The van der Waals surface area contributed by atoms with E-state index < -0.39 is 30.9 Å². The summed E-state index contributed by atoms with van der Waals surface area (Å²) in [5.41, 5.74) is 0. The molecule has 1 aliphatic heterocycles. The quantitative estimate of drug-likeness (QED) is 0.437. The number of aliphatic hydroxyl groups is 3. The van der Waals surface area contributed by atoms with Gasteiger partial charge in [0.1, 0.15) is 18.8 Å². The summed E-state index contributed by atoms with van der Waals surface area (Å²) >= 11 is 0. The van der Waals surface area contributed by atoms with Gasteiger partial charge in [0.05, 0.1) is 19.8 Å². The van der Waals surface area contributed by atoms with Gasteiger partial charge in [-0.1, -0.05) is 0 Å². The Balaban J connectivity index is 2.75. The lowest BCUT2D eigenvalue weighted by atomic mass is 10.2. The molecule has 1 unspecified atom stereocenters. The molecule has 0 aromatic heterocycles. The van der Waals surface area contributed by atoms with Crippen LogP contribution in [0.3, 0.4) is 0 Å². The van der Waals surface area contributed by atoms with Gasteiger partial charge in [0, 0.05) is 6.61 Å². The Morgan fingerprint density at radius 2 is 1.90 bits per heavy atom. The molecule has 0 aliphatic carbocycles. The zero-order valence-corrected chi connectivity index (χ0v) is 12.2. The molecule has 0 saturated carbocycles. The van der Waals surface area contributed by atoms with Crippen LogP contribution in [-0.2, 0) is 23.7 Å². The predicted molar refractivity (Wildman–Crippen MR) is 70.1 cm³/mol. The molecule has 0 fully saturated rings. The normalized spacial score (nSPS) is 21.2. The van der Waals surface area contributed by atoms with Crippen LogP contribution in [0.1, 0.15) is 13.8 Å². The zero-order valence-electron chi connectivity index (χ0n) is 12.2. The number of hydrogen-bond donors (Lipinski definition) is 3. The van der Waals surface area contributed by atoms with Crippen molar-refractivity contribution in [1.29, 1.82) is 0 Å². The monoisotopic (exact) mass is 306 g/mol. The number of rotatable bonds is 10. The molecule has 0 bridgehead atoms. The second-order valence-electron chi connectivity index (χ2n) is 4.33. The first-order valence-corrected chi connectivity index (χ1v) is 6.80. The molecule has 21 heavy (non-hydrogen) atoms. The van der Waals surface area contributed by atoms with E-state index >= 15 is 0 Å². The van der Waals surface area contributed by atoms with Gasteiger partial charge in [0.25, 0.3) is 0 Å². The highest BCUT2D eigenvalue weighted by Crippen LogP contribution is 2.27. The zero-order chi connectivity index (χ0) is 15.8. The van der Waals surface area contributed by atoms with Crippen LogP contribution >= 0.6 is 0 Å². The number of carbonyl (C=O) groups is 1. The van der Waals surface area contributed by atoms with Gasteiger partial charge in [-0.15, -0.1) is 0 Å². The van der Waals surface area contributed by atoms with Gasteiger partial charge in [-0.05, 0) is 13.8 Å². The van der Waals surface area contributed by atoms with Crippen LogP contribution in [0.25, 0.3) is 0 Å².